The van der Waals surface area contributed by atoms with E-state index in [0.717, 1.165) is 25.0 Å². The Labute approximate surface area is 124 Å². The topological polar surface area (TPSA) is 55.4 Å². The molecule has 1 aromatic rings. The number of hydrogen-bond acceptors (Lipinski definition) is 3. The highest BCUT2D eigenvalue weighted by atomic mass is 19.1. The van der Waals surface area contributed by atoms with Crippen LogP contribution in [0.1, 0.15) is 26.7 Å². The Hall–Kier alpha value is -2.17. The van der Waals surface area contributed by atoms with Gasteiger partial charge in [-0.15, -0.1) is 0 Å². The number of nitrogens with one attached hydrogen (secondary N) is 1. The van der Waals surface area contributed by atoms with E-state index in [1.807, 2.05) is 0 Å². The van der Waals surface area contributed by atoms with Crippen LogP contribution in [-0.2, 0) is 14.3 Å². The van der Waals surface area contributed by atoms with Crippen molar-refractivity contribution in [1.82, 2.24) is 0 Å². The van der Waals surface area contributed by atoms with Crippen molar-refractivity contribution in [3.05, 3.63) is 42.2 Å². The number of ether oxygens (including phenoxy) is 1. The van der Waals surface area contributed by atoms with Gasteiger partial charge in [-0.25, -0.2) is 9.18 Å². The highest BCUT2D eigenvalue weighted by Gasteiger charge is 2.04. The molecule has 0 fully saturated rings. The Morgan fingerprint density at radius 2 is 2.00 bits per heavy atom. The van der Waals surface area contributed by atoms with Gasteiger partial charge in [-0.3, -0.25) is 4.79 Å². The zero-order valence-electron chi connectivity index (χ0n) is 12.3. The Bertz CT molecular complexity index is 512. The van der Waals surface area contributed by atoms with Crippen molar-refractivity contribution < 1.29 is 18.7 Å². The predicted octanol–water partition coefficient (Wildman–Crippen LogP) is 3.30. The van der Waals surface area contributed by atoms with Gasteiger partial charge in [-0.05, 0) is 30.9 Å². The maximum Gasteiger partial charge on any atom is 0.330 e. The Balaban J connectivity index is 2.33. The minimum absolute atomic E-state index is 0.0671. The first-order valence-corrected chi connectivity index (χ1v) is 6.89. The van der Waals surface area contributed by atoms with Crippen molar-refractivity contribution in [1.29, 1.82) is 0 Å². The zero-order valence-corrected chi connectivity index (χ0v) is 12.3. The van der Waals surface area contributed by atoms with Crippen LogP contribution < -0.4 is 5.32 Å². The standard InChI is InChI=1S/C16H20FNO3/c1-12(2)6-5-11-21-16(20)10-9-15(19)18-14-8-4-3-7-13(14)17/h3-4,7-10,12H,5-6,11H2,1-2H3,(H,18,19)/b10-9+. The van der Waals surface area contributed by atoms with Gasteiger partial charge in [0, 0.05) is 12.2 Å². The van der Waals surface area contributed by atoms with Crippen LogP contribution in [0.5, 0.6) is 0 Å². The maximum atomic E-state index is 13.3. The molecule has 0 spiro atoms. The van der Waals surface area contributed by atoms with E-state index in [0.29, 0.717) is 12.5 Å². The molecular formula is C16H20FNO3. The zero-order chi connectivity index (χ0) is 15.7. The highest BCUT2D eigenvalue weighted by molar-refractivity contribution is 6.02. The van der Waals surface area contributed by atoms with Crippen LogP contribution in [0.15, 0.2) is 36.4 Å². The summed E-state index contributed by atoms with van der Waals surface area (Å²) < 4.78 is 18.2. The van der Waals surface area contributed by atoms with Gasteiger partial charge in [-0.2, -0.15) is 0 Å². The highest BCUT2D eigenvalue weighted by Crippen LogP contribution is 2.12. The van der Waals surface area contributed by atoms with Crippen LogP contribution in [-0.4, -0.2) is 18.5 Å². The first-order chi connectivity index (χ1) is 9.99. The summed E-state index contributed by atoms with van der Waals surface area (Å²) in [5.74, 6) is -1.14. The molecule has 1 N–H and O–H groups in total. The van der Waals surface area contributed by atoms with Crippen LogP contribution in [0.25, 0.3) is 0 Å². The summed E-state index contributed by atoms with van der Waals surface area (Å²) in [6.07, 6.45) is 3.83. The van der Waals surface area contributed by atoms with Gasteiger partial charge in [0.2, 0.25) is 5.91 Å². The van der Waals surface area contributed by atoms with Crippen molar-refractivity contribution in [2.45, 2.75) is 26.7 Å². The molecule has 21 heavy (non-hydrogen) atoms. The number of carbonyl (C=O) groups excluding carboxylic acids is 2. The number of benzene rings is 1. The normalized spacial score (nSPS) is 10.9. The number of carbonyl (C=O) groups is 2. The molecule has 5 heteroatoms. The fraction of sp³-hybridized carbons (Fsp3) is 0.375. The molecule has 0 bridgehead atoms. The van der Waals surface area contributed by atoms with E-state index in [1.54, 1.807) is 6.07 Å². The number of hydrogen-bond donors (Lipinski definition) is 1. The van der Waals surface area contributed by atoms with Gasteiger partial charge in [0.05, 0.1) is 12.3 Å². The van der Waals surface area contributed by atoms with E-state index in [9.17, 15) is 14.0 Å². The molecule has 0 atom stereocenters. The summed E-state index contributed by atoms with van der Waals surface area (Å²) >= 11 is 0. The minimum atomic E-state index is -0.584. The van der Waals surface area contributed by atoms with E-state index in [2.05, 4.69) is 19.2 Å². The van der Waals surface area contributed by atoms with E-state index >= 15 is 0 Å². The third kappa shape index (κ3) is 7.25. The van der Waals surface area contributed by atoms with E-state index < -0.39 is 17.7 Å². The van der Waals surface area contributed by atoms with E-state index in [1.165, 1.54) is 18.2 Å². The lowest BCUT2D eigenvalue weighted by Gasteiger charge is -2.04. The second-order valence-corrected chi connectivity index (χ2v) is 5.01. The first-order valence-electron chi connectivity index (χ1n) is 6.89. The first kappa shape index (κ1) is 16.9. The quantitative estimate of drug-likeness (QED) is 0.477. The largest absolute Gasteiger partial charge is 0.463 e. The number of amides is 1. The number of esters is 1. The summed E-state index contributed by atoms with van der Waals surface area (Å²) in [6.45, 7) is 4.51. The second-order valence-electron chi connectivity index (χ2n) is 5.01. The molecule has 1 rings (SSSR count). The van der Waals surface area contributed by atoms with Crippen LogP contribution >= 0.6 is 0 Å². The lowest BCUT2D eigenvalue weighted by atomic mass is 10.1. The smallest absolute Gasteiger partial charge is 0.330 e. The molecule has 0 radical (unpaired) electrons. The molecule has 114 valence electrons. The van der Waals surface area contributed by atoms with Crippen molar-refractivity contribution >= 4 is 17.6 Å². The molecule has 0 aliphatic rings. The molecule has 4 nitrogen and oxygen atoms in total. The average Bonchev–Trinajstić information content (AvgIpc) is 2.44. The van der Waals surface area contributed by atoms with Crippen LogP contribution in [0.4, 0.5) is 10.1 Å². The van der Waals surface area contributed by atoms with Gasteiger partial charge >= 0.3 is 5.97 Å². The molecule has 0 aliphatic heterocycles. The average molecular weight is 293 g/mol. The molecule has 0 unspecified atom stereocenters. The third-order valence-corrected chi connectivity index (χ3v) is 2.67. The summed E-state index contributed by atoms with van der Waals surface area (Å²) in [4.78, 5) is 22.9. The molecule has 1 amide bonds. The van der Waals surface area contributed by atoms with Crippen molar-refractivity contribution in [2.24, 2.45) is 5.92 Å². The Kier molecular flexibility index (Phi) is 7.15. The Morgan fingerprint density at radius 3 is 2.67 bits per heavy atom. The third-order valence-electron chi connectivity index (χ3n) is 2.67. The minimum Gasteiger partial charge on any atom is -0.463 e. The summed E-state index contributed by atoms with van der Waals surface area (Å²) in [5.41, 5.74) is 0.0671. The van der Waals surface area contributed by atoms with Crippen LogP contribution in [0.3, 0.4) is 0 Å². The number of anilines is 1. The lowest BCUT2D eigenvalue weighted by molar-refractivity contribution is -0.138. The number of rotatable bonds is 7. The maximum absolute atomic E-state index is 13.3. The Morgan fingerprint density at radius 1 is 1.29 bits per heavy atom. The summed E-state index contributed by atoms with van der Waals surface area (Å²) in [7, 11) is 0. The lowest BCUT2D eigenvalue weighted by Crippen LogP contribution is -2.11. The van der Waals surface area contributed by atoms with Gasteiger partial charge in [0.15, 0.2) is 0 Å². The molecule has 0 aromatic heterocycles. The molecule has 1 aromatic carbocycles. The predicted molar refractivity (Wildman–Crippen MR) is 79.2 cm³/mol. The molecule has 0 saturated heterocycles. The van der Waals surface area contributed by atoms with Crippen LogP contribution in [0.2, 0.25) is 0 Å². The SMILES string of the molecule is CC(C)CCCOC(=O)/C=C/C(=O)Nc1ccccc1F. The fourth-order valence-electron chi connectivity index (χ4n) is 1.59. The molecule has 0 heterocycles. The molecule has 0 aliphatic carbocycles. The van der Waals surface area contributed by atoms with Gasteiger partial charge in [-0.1, -0.05) is 26.0 Å². The number of halogens is 1. The van der Waals surface area contributed by atoms with Crippen molar-refractivity contribution in [2.75, 3.05) is 11.9 Å². The fourth-order valence-corrected chi connectivity index (χ4v) is 1.59. The molecular weight excluding hydrogens is 273 g/mol. The van der Waals surface area contributed by atoms with Gasteiger partial charge in [0.25, 0.3) is 0 Å². The van der Waals surface area contributed by atoms with E-state index in [-0.39, 0.29) is 5.69 Å². The van der Waals surface area contributed by atoms with E-state index in [4.69, 9.17) is 4.74 Å². The van der Waals surface area contributed by atoms with Crippen molar-refractivity contribution in [3.8, 4) is 0 Å². The van der Waals surface area contributed by atoms with Crippen LogP contribution in [0, 0.1) is 11.7 Å². The number of para-hydroxylation sites is 1. The summed E-state index contributed by atoms with van der Waals surface area (Å²) in [6, 6.07) is 5.80. The van der Waals surface area contributed by atoms with Crippen molar-refractivity contribution in [3.63, 3.8) is 0 Å². The second kappa shape index (κ2) is 8.89. The van der Waals surface area contributed by atoms with Gasteiger partial charge in [0.1, 0.15) is 5.82 Å². The molecule has 0 saturated carbocycles. The summed E-state index contributed by atoms with van der Waals surface area (Å²) in [5, 5.41) is 2.34. The monoisotopic (exact) mass is 293 g/mol. The van der Waals surface area contributed by atoms with Gasteiger partial charge < -0.3 is 10.1 Å².